The van der Waals surface area contributed by atoms with Crippen LogP contribution in [0.3, 0.4) is 0 Å². The fourth-order valence-corrected chi connectivity index (χ4v) is 1.59. The third-order valence-electron chi connectivity index (χ3n) is 2.60. The van der Waals surface area contributed by atoms with Gasteiger partial charge in [-0.2, -0.15) is 0 Å². The summed E-state index contributed by atoms with van der Waals surface area (Å²) < 4.78 is 0. The first kappa shape index (κ1) is 10.8. The van der Waals surface area contributed by atoms with Gasteiger partial charge in [-0.15, -0.1) is 0 Å². The highest BCUT2D eigenvalue weighted by atomic mass is 16.3. The highest BCUT2D eigenvalue weighted by molar-refractivity contribution is 5.88. The number of aliphatic hydroxyl groups excluding tert-OH is 1. The lowest BCUT2D eigenvalue weighted by Crippen LogP contribution is -2.23. The molecule has 1 heterocycles. The summed E-state index contributed by atoms with van der Waals surface area (Å²) in [5.41, 5.74) is 0.910. The summed E-state index contributed by atoms with van der Waals surface area (Å²) in [6.07, 6.45) is 2.39. The summed E-state index contributed by atoms with van der Waals surface area (Å²) in [6, 6.07) is 7.86. The number of rotatable bonds is 4. The summed E-state index contributed by atoms with van der Waals surface area (Å²) in [5, 5.41) is 13.4. The normalized spacial score (nSPS) is 12.6. The molecule has 0 aliphatic rings. The van der Waals surface area contributed by atoms with Gasteiger partial charge in [-0.3, -0.25) is 0 Å². The average molecular weight is 217 g/mol. The standard InChI is InChI=1S/C12H15N3O/c1-2-9(7-16)15-12-10-5-3-4-6-11(10)13-8-14-12/h3-6,8-9,16H,2,7H2,1H3,(H,13,14,15)/t9-/m1/s1. The van der Waals surface area contributed by atoms with Gasteiger partial charge in [0.1, 0.15) is 12.1 Å². The number of hydrogen-bond donors (Lipinski definition) is 2. The molecular formula is C12H15N3O. The summed E-state index contributed by atoms with van der Waals surface area (Å²) in [6.45, 7) is 2.13. The van der Waals surface area contributed by atoms with Crippen molar-refractivity contribution >= 4 is 16.7 Å². The van der Waals surface area contributed by atoms with Gasteiger partial charge in [0, 0.05) is 5.39 Å². The van der Waals surface area contributed by atoms with Gasteiger partial charge in [0.05, 0.1) is 18.2 Å². The van der Waals surface area contributed by atoms with Crippen LogP contribution in [0.1, 0.15) is 13.3 Å². The quantitative estimate of drug-likeness (QED) is 0.820. The first-order valence-electron chi connectivity index (χ1n) is 5.42. The molecule has 2 rings (SSSR count). The average Bonchev–Trinajstić information content (AvgIpc) is 2.36. The number of para-hydroxylation sites is 1. The second-order valence-electron chi connectivity index (χ2n) is 3.67. The van der Waals surface area contributed by atoms with Gasteiger partial charge in [-0.05, 0) is 18.6 Å². The minimum absolute atomic E-state index is 0.0401. The van der Waals surface area contributed by atoms with E-state index in [0.717, 1.165) is 23.1 Å². The number of aliphatic hydroxyl groups is 1. The van der Waals surface area contributed by atoms with E-state index in [1.165, 1.54) is 6.33 Å². The minimum Gasteiger partial charge on any atom is -0.394 e. The number of benzene rings is 1. The van der Waals surface area contributed by atoms with Crippen LogP contribution in [0, 0.1) is 0 Å². The number of aromatic nitrogens is 2. The van der Waals surface area contributed by atoms with Gasteiger partial charge in [0.2, 0.25) is 0 Å². The second kappa shape index (κ2) is 4.90. The molecule has 4 heteroatoms. The molecule has 84 valence electrons. The predicted molar refractivity (Wildman–Crippen MR) is 64.3 cm³/mol. The largest absolute Gasteiger partial charge is 0.394 e. The Bertz CT molecular complexity index is 463. The molecule has 0 saturated carbocycles. The van der Waals surface area contributed by atoms with Crippen LogP contribution in [-0.4, -0.2) is 27.7 Å². The van der Waals surface area contributed by atoms with Crippen molar-refractivity contribution in [2.75, 3.05) is 11.9 Å². The molecule has 1 aromatic carbocycles. The summed E-state index contributed by atoms with van der Waals surface area (Å²) >= 11 is 0. The zero-order valence-corrected chi connectivity index (χ0v) is 9.22. The van der Waals surface area contributed by atoms with Crippen LogP contribution in [0.5, 0.6) is 0 Å². The van der Waals surface area contributed by atoms with E-state index in [9.17, 15) is 0 Å². The maximum absolute atomic E-state index is 9.15. The van der Waals surface area contributed by atoms with Gasteiger partial charge in [-0.25, -0.2) is 9.97 Å². The first-order chi connectivity index (χ1) is 7.85. The van der Waals surface area contributed by atoms with Crippen LogP contribution in [-0.2, 0) is 0 Å². The lowest BCUT2D eigenvalue weighted by molar-refractivity contribution is 0.271. The monoisotopic (exact) mass is 217 g/mol. The molecule has 0 saturated heterocycles. The molecule has 0 amide bonds. The van der Waals surface area contributed by atoms with Gasteiger partial charge < -0.3 is 10.4 Å². The van der Waals surface area contributed by atoms with E-state index in [1.807, 2.05) is 31.2 Å². The predicted octanol–water partition coefficient (Wildman–Crippen LogP) is 1.81. The number of anilines is 1. The molecule has 0 unspecified atom stereocenters. The van der Waals surface area contributed by atoms with Crippen molar-refractivity contribution in [2.45, 2.75) is 19.4 Å². The maximum atomic E-state index is 9.15. The zero-order chi connectivity index (χ0) is 11.4. The van der Waals surface area contributed by atoms with E-state index in [2.05, 4.69) is 15.3 Å². The van der Waals surface area contributed by atoms with Crippen molar-refractivity contribution in [3.05, 3.63) is 30.6 Å². The molecule has 0 aliphatic heterocycles. The van der Waals surface area contributed by atoms with E-state index >= 15 is 0 Å². The Morgan fingerprint density at radius 3 is 2.88 bits per heavy atom. The number of nitrogens with zero attached hydrogens (tertiary/aromatic N) is 2. The van der Waals surface area contributed by atoms with Crippen molar-refractivity contribution in [1.82, 2.24) is 9.97 Å². The molecular weight excluding hydrogens is 202 g/mol. The van der Waals surface area contributed by atoms with E-state index in [0.29, 0.717) is 0 Å². The Kier molecular flexibility index (Phi) is 3.31. The van der Waals surface area contributed by atoms with Crippen molar-refractivity contribution < 1.29 is 5.11 Å². The first-order valence-corrected chi connectivity index (χ1v) is 5.42. The van der Waals surface area contributed by atoms with Crippen LogP contribution in [0.15, 0.2) is 30.6 Å². The van der Waals surface area contributed by atoms with E-state index in [4.69, 9.17) is 5.11 Å². The molecule has 0 aliphatic carbocycles. The molecule has 0 spiro atoms. The smallest absolute Gasteiger partial charge is 0.137 e. The number of nitrogens with one attached hydrogen (secondary N) is 1. The van der Waals surface area contributed by atoms with Crippen LogP contribution >= 0.6 is 0 Å². The molecule has 1 aromatic heterocycles. The van der Waals surface area contributed by atoms with Gasteiger partial charge >= 0.3 is 0 Å². The third-order valence-corrected chi connectivity index (χ3v) is 2.60. The Morgan fingerprint density at radius 2 is 2.12 bits per heavy atom. The number of hydrogen-bond acceptors (Lipinski definition) is 4. The minimum atomic E-state index is 0.0401. The summed E-state index contributed by atoms with van der Waals surface area (Å²) in [5.74, 6) is 0.784. The van der Waals surface area contributed by atoms with Crippen molar-refractivity contribution in [3.63, 3.8) is 0 Å². The van der Waals surface area contributed by atoms with E-state index in [-0.39, 0.29) is 12.6 Å². The third kappa shape index (κ3) is 2.12. The maximum Gasteiger partial charge on any atom is 0.137 e. The van der Waals surface area contributed by atoms with E-state index in [1.54, 1.807) is 0 Å². The van der Waals surface area contributed by atoms with Crippen molar-refractivity contribution in [3.8, 4) is 0 Å². The molecule has 2 N–H and O–H groups in total. The van der Waals surface area contributed by atoms with Crippen molar-refractivity contribution in [1.29, 1.82) is 0 Å². The van der Waals surface area contributed by atoms with Gasteiger partial charge in [-0.1, -0.05) is 19.1 Å². The Hall–Kier alpha value is -1.68. The molecule has 0 bridgehead atoms. The highest BCUT2D eigenvalue weighted by Gasteiger charge is 2.07. The highest BCUT2D eigenvalue weighted by Crippen LogP contribution is 2.19. The van der Waals surface area contributed by atoms with Gasteiger partial charge in [0.25, 0.3) is 0 Å². The fourth-order valence-electron chi connectivity index (χ4n) is 1.59. The Balaban J connectivity index is 2.36. The zero-order valence-electron chi connectivity index (χ0n) is 9.22. The number of fused-ring (bicyclic) bond motifs is 1. The molecule has 4 nitrogen and oxygen atoms in total. The molecule has 0 radical (unpaired) electrons. The van der Waals surface area contributed by atoms with E-state index < -0.39 is 0 Å². The van der Waals surface area contributed by atoms with Crippen LogP contribution < -0.4 is 5.32 Å². The lowest BCUT2D eigenvalue weighted by Gasteiger charge is -2.15. The molecule has 0 fully saturated rings. The van der Waals surface area contributed by atoms with Crippen LogP contribution in [0.25, 0.3) is 10.9 Å². The second-order valence-corrected chi connectivity index (χ2v) is 3.67. The Labute approximate surface area is 94.4 Å². The molecule has 2 aromatic rings. The SMILES string of the molecule is CC[C@H](CO)Nc1ncnc2ccccc12. The van der Waals surface area contributed by atoms with Gasteiger partial charge in [0.15, 0.2) is 0 Å². The fraction of sp³-hybridized carbons (Fsp3) is 0.333. The molecule has 16 heavy (non-hydrogen) atoms. The summed E-state index contributed by atoms with van der Waals surface area (Å²) in [4.78, 5) is 8.40. The topological polar surface area (TPSA) is 58.0 Å². The Morgan fingerprint density at radius 1 is 1.31 bits per heavy atom. The lowest BCUT2D eigenvalue weighted by atomic mass is 10.2. The van der Waals surface area contributed by atoms with Crippen molar-refractivity contribution in [2.24, 2.45) is 0 Å². The van der Waals surface area contributed by atoms with Crippen LogP contribution in [0.2, 0.25) is 0 Å². The summed E-state index contributed by atoms with van der Waals surface area (Å²) in [7, 11) is 0. The van der Waals surface area contributed by atoms with Crippen LogP contribution in [0.4, 0.5) is 5.82 Å². The molecule has 1 atom stereocenters.